The van der Waals surface area contributed by atoms with Gasteiger partial charge in [-0.3, -0.25) is 0 Å². The van der Waals surface area contributed by atoms with Crippen LogP contribution in [-0.4, -0.2) is 15.5 Å². The third-order valence-corrected chi connectivity index (χ3v) is 4.30. The summed E-state index contributed by atoms with van der Waals surface area (Å²) >= 11 is 0. The van der Waals surface area contributed by atoms with E-state index >= 15 is 0 Å². The Labute approximate surface area is 109 Å². The fourth-order valence-electron chi connectivity index (χ4n) is 1.87. The Morgan fingerprint density at radius 3 is 2.17 bits per heavy atom. The monoisotopic (exact) mass is 245 g/mol. The van der Waals surface area contributed by atoms with Crippen LogP contribution in [0.15, 0.2) is 12.1 Å². The molecule has 0 radical (unpaired) electrons. The van der Waals surface area contributed by atoms with Crippen LogP contribution in [-0.2, 0) is 5.41 Å². The van der Waals surface area contributed by atoms with Crippen LogP contribution in [0.2, 0.25) is 0 Å². The lowest BCUT2D eigenvalue weighted by atomic mass is 9.74. The predicted octanol–water partition coefficient (Wildman–Crippen LogP) is 3.19. The number of fused-ring (bicyclic) bond motifs is 1. The van der Waals surface area contributed by atoms with Crippen LogP contribution in [0.4, 0.5) is 0 Å². The zero-order valence-corrected chi connectivity index (χ0v) is 12.2. The number of aromatic nitrogens is 2. The molecule has 2 aromatic rings. The number of H-pyrrole nitrogens is 1. The molecule has 0 aliphatic carbocycles. The first-order valence-electron chi connectivity index (χ1n) is 6.39. The molecule has 1 aromatic carbocycles. The number of rotatable bonds is 2. The molecule has 0 saturated carbocycles. The molecular formula is C15H23N3. The van der Waals surface area contributed by atoms with E-state index in [0.717, 1.165) is 16.9 Å². The Bertz CT molecular complexity index is 547. The molecular weight excluding hydrogens is 222 g/mol. The fraction of sp³-hybridized carbons (Fsp3) is 0.533. The van der Waals surface area contributed by atoms with E-state index in [1.165, 1.54) is 11.1 Å². The van der Waals surface area contributed by atoms with Crippen LogP contribution in [0.3, 0.4) is 0 Å². The molecule has 0 saturated heterocycles. The van der Waals surface area contributed by atoms with E-state index in [1.54, 1.807) is 0 Å². The molecule has 0 unspecified atom stereocenters. The zero-order valence-electron chi connectivity index (χ0n) is 12.2. The quantitative estimate of drug-likeness (QED) is 0.853. The van der Waals surface area contributed by atoms with Gasteiger partial charge >= 0.3 is 0 Å². The highest BCUT2D eigenvalue weighted by Gasteiger charge is 2.37. The average Bonchev–Trinajstić information content (AvgIpc) is 2.60. The van der Waals surface area contributed by atoms with Crippen molar-refractivity contribution in [2.75, 3.05) is 0 Å². The molecule has 1 aromatic heterocycles. The average molecular weight is 245 g/mol. The summed E-state index contributed by atoms with van der Waals surface area (Å²) in [5, 5.41) is 0. The molecule has 0 amide bonds. The first-order valence-corrected chi connectivity index (χ1v) is 6.39. The minimum atomic E-state index is -0.328. The minimum Gasteiger partial charge on any atom is -0.341 e. The number of hydrogen-bond donors (Lipinski definition) is 2. The number of aryl methyl sites for hydroxylation is 2. The number of imidazole rings is 1. The molecule has 0 atom stereocenters. The van der Waals surface area contributed by atoms with E-state index in [1.807, 2.05) is 13.8 Å². The van der Waals surface area contributed by atoms with Gasteiger partial charge in [0.1, 0.15) is 5.82 Å². The largest absolute Gasteiger partial charge is 0.341 e. The van der Waals surface area contributed by atoms with Gasteiger partial charge in [-0.05, 0) is 51.0 Å². The maximum Gasteiger partial charge on any atom is 0.114 e. The number of nitrogens with one attached hydrogen (secondary N) is 1. The Kier molecular flexibility index (Phi) is 2.78. The van der Waals surface area contributed by atoms with Crippen molar-refractivity contribution in [3.63, 3.8) is 0 Å². The SMILES string of the molecule is Cc1cc2nc(C(C)(C)C(C)(C)N)[nH]c2cc1C. The molecule has 98 valence electrons. The Balaban J connectivity index is 2.61. The van der Waals surface area contributed by atoms with Gasteiger partial charge in [-0.1, -0.05) is 13.8 Å². The van der Waals surface area contributed by atoms with Gasteiger partial charge in [0.2, 0.25) is 0 Å². The second kappa shape index (κ2) is 3.82. The van der Waals surface area contributed by atoms with E-state index in [9.17, 15) is 0 Å². The first kappa shape index (κ1) is 13.1. The number of hydrogen-bond acceptors (Lipinski definition) is 2. The van der Waals surface area contributed by atoms with Crippen molar-refractivity contribution in [1.29, 1.82) is 0 Å². The Morgan fingerprint density at radius 1 is 1.06 bits per heavy atom. The Morgan fingerprint density at radius 2 is 1.61 bits per heavy atom. The van der Waals surface area contributed by atoms with Crippen LogP contribution < -0.4 is 5.73 Å². The van der Waals surface area contributed by atoms with Gasteiger partial charge in [-0.2, -0.15) is 0 Å². The van der Waals surface area contributed by atoms with E-state index in [4.69, 9.17) is 10.7 Å². The highest BCUT2D eigenvalue weighted by molar-refractivity contribution is 5.77. The lowest BCUT2D eigenvalue weighted by Gasteiger charge is -2.36. The first-order chi connectivity index (χ1) is 8.13. The van der Waals surface area contributed by atoms with E-state index < -0.39 is 0 Å². The third-order valence-electron chi connectivity index (χ3n) is 4.30. The third kappa shape index (κ3) is 1.93. The van der Waals surface area contributed by atoms with E-state index in [0.29, 0.717) is 0 Å². The van der Waals surface area contributed by atoms with Crippen molar-refractivity contribution in [1.82, 2.24) is 9.97 Å². The molecule has 0 aliphatic rings. The van der Waals surface area contributed by atoms with Crippen molar-refractivity contribution < 1.29 is 0 Å². The van der Waals surface area contributed by atoms with Crippen molar-refractivity contribution in [3.8, 4) is 0 Å². The van der Waals surface area contributed by atoms with Crippen LogP contribution in [0.25, 0.3) is 11.0 Å². The molecule has 3 nitrogen and oxygen atoms in total. The molecule has 3 N–H and O–H groups in total. The summed E-state index contributed by atoms with van der Waals surface area (Å²) in [4.78, 5) is 8.14. The molecule has 0 spiro atoms. The van der Waals surface area contributed by atoms with Gasteiger partial charge in [-0.25, -0.2) is 4.98 Å². The summed E-state index contributed by atoms with van der Waals surface area (Å²) in [7, 11) is 0. The van der Waals surface area contributed by atoms with Crippen LogP contribution in [0.1, 0.15) is 44.6 Å². The second-order valence-electron chi connectivity index (χ2n) is 6.39. The van der Waals surface area contributed by atoms with Gasteiger partial charge in [-0.15, -0.1) is 0 Å². The summed E-state index contributed by atoms with van der Waals surface area (Å²) in [5.74, 6) is 0.954. The molecule has 18 heavy (non-hydrogen) atoms. The van der Waals surface area contributed by atoms with Gasteiger partial charge < -0.3 is 10.7 Å². The van der Waals surface area contributed by atoms with Crippen LogP contribution in [0.5, 0.6) is 0 Å². The highest BCUT2D eigenvalue weighted by Crippen LogP contribution is 2.32. The maximum atomic E-state index is 6.27. The van der Waals surface area contributed by atoms with Gasteiger partial charge in [0, 0.05) is 11.0 Å². The summed E-state index contributed by atoms with van der Waals surface area (Å²) in [6.07, 6.45) is 0. The van der Waals surface area contributed by atoms with Crippen LogP contribution in [0, 0.1) is 13.8 Å². The Hall–Kier alpha value is -1.35. The summed E-state index contributed by atoms with van der Waals surface area (Å²) in [6, 6.07) is 4.28. The number of aromatic amines is 1. The maximum absolute atomic E-state index is 6.27. The molecule has 1 heterocycles. The standard InChI is InChI=1S/C15H23N3/c1-9-7-11-12(8-10(9)2)18-13(17-11)14(3,4)15(5,6)16/h7-8H,16H2,1-6H3,(H,17,18). The molecule has 3 heteroatoms. The fourth-order valence-corrected chi connectivity index (χ4v) is 1.87. The number of benzene rings is 1. The summed E-state index contributed by atoms with van der Waals surface area (Å²) in [5.41, 5.74) is 10.4. The topological polar surface area (TPSA) is 54.7 Å². The minimum absolute atomic E-state index is 0.201. The summed E-state index contributed by atoms with van der Waals surface area (Å²) < 4.78 is 0. The molecule has 0 fully saturated rings. The molecule has 0 bridgehead atoms. The van der Waals surface area contributed by atoms with E-state index in [-0.39, 0.29) is 11.0 Å². The van der Waals surface area contributed by atoms with Gasteiger partial charge in [0.15, 0.2) is 0 Å². The highest BCUT2D eigenvalue weighted by atomic mass is 15.0. The smallest absolute Gasteiger partial charge is 0.114 e. The van der Waals surface area contributed by atoms with E-state index in [2.05, 4.69) is 44.8 Å². The van der Waals surface area contributed by atoms with Crippen molar-refractivity contribution in [2.45, 2.75) is 52.5 Å². The van der Waals surface area contributed by atoms with Crippen molar-refractivity contribution in [3.05, 3.63) is 29.1 Å². The van der Waals surface area contributed by atoms with Crippen molar-refractivity contribution in [2.24, 2.45) is 5.73 Å². The number of nitrogens with two attached hydrogens (primary N) is 1. The second-order valence-corrected chi connectivity index (χ2v) is 6.39. The molecule has 0 aliphatic heterocycles. The van der Waals surface area contributed by atoms with Crippen molar-refractivity contribution >= 4 is 11.0 Å². The lowest BCUT2D eigenvalue weighted by Crippen LogP contribution is -2.50. The summed E-state index contributed by atoms with van der Waals surface area (Å²) in [6.45, 7) is 12.6. The zero-order chi connectivity index (χ0) is 13.7. The van der Waals surface area contributed by atoms with Gasteiger partial charge in [0.25, 0.3) is 0 Å². The molecule has 2 rings (SSSR count). The normalized spacial score (nSPS) is 13.3. The predicted molar refractivity (Wildman–Crippen MR) is 76.9 cm³/mol. The van der Waals surface area contributed by atoms with Gasteiger partial charge in [0.05, 0.1) is 11.0 Å². The number of nitrogens with zero attached hydrogens (tertiary/aromatic N) is 1. The van der Waals surface area contributed by atoms with Crippen LogP contribution >= 0.6 is 0 Å². The lowest BCUT2D eigenvalue weighted by molar-refractivity contribution is 0.293.